The molecule has 0 heterocycles. The van der Waals surface area contributed by atoms with E-state index >= 15 is 0 Å². The standard InChI is InChI=1S/C14H12BrCl2N/c1-9-2-4-12(17)7-14(9)18-8-10-3-5-11(16)6-13(10)15/h2-7,18H,8H2,1H3. The zero-order valence-corrected chi connectivity index (χ0v) is 12.9. The summed E-state index contributed by atoms with van der Waals surface area (Å²) in [5, 5.41) is 4.83. The van der Waals surface area contributed by atoms with Crippen LogP contribution in [-0.4, -0.2) is 0 Å². The van der Waals surface area contributed by atoms with Crippen molar-refractivity contribution in [1.29, 1.82) is 0 Å². The van der Waals surface area contributed by atoms with Crippen molar-refractivity contribution in [3.8, 4) is 0 Å². The third-order valence-corrected chi connectivity index (χ3v) is 3.89. The first-order valence-electron chi connectivity index (χ1n) is 5.50. The maximum Gasteiger partial charge on any atom is 0.0426 e. The lowest BCUT2D eigenvalue weighted by molar-refractivity contribution is 1.13. The summed E-state index contributed by atoms with van der Waals surface area (Å²) >= 11 is 15.4. The second-order valence-electron chi connectivity index (χ2n) is 4.05. The molecule has 0 aliphatic rings. The molecule has 2 aromatic rings. The molecule has 0 unspecified atom stereocenters. The quantitative estimate of drug-likeness (QED) is 0.755. The van der Waals surface area contributed by atoms with Crippen LogP contribution in [0.2, 0.25) is 10.0 Å². The number of aryl methyl sites for hydroxylation is 1. The molecule has 0 fully saturated rings. The Morgan fingerprint density at radius 3 is 2.44 bits per heavy atom. The minimum atomic E-state index is 0.721. The van der Waals surface area contributed by atoms with Gasteiger partial charge in [-0.2, -0.15) is 0 Å². The lowest BCUT2D eigenvalue weighted by Gasteiger charge is -2.11. The van der Waals surface area contributed by atoms with E-state index in [2.05, 4.69) is 28.2 Å². The molecule has 0 bridgehead atoms. The summed E-state index contributed by atoms with van der Waals surface area (Å²) in [6.07, 6.45) is 0. The topological polar surface area (TPSA) is 12.0 Å². The van der Waals surface area contributed by atoms with Crippen molar-refractivity contribution >= 4 is 44.8 Å². The molecule has 0 aromatic heterocycles. The Morgan fingerprint density at radius 1 is 1.06 bits per heavy atom. The highest BCUT2D eigenvalue weighted by Gasteiger charge is 2.03. The van der Waals surface area contributed by atoms with Crippen LogP contribution in [0.15, 0.2) is 40.9 Å². The molecule has 0 aliphatic carbocycles. The summed E-state index contributed by atoms with van der Waals surface area (Å²) in [6.45, 7) is 2.77. The highest BCUT2D eigenvalue weighted by atomic mass is 79.9. The minimum Gasteiger partial charge on any atom is -0.381 e. The van der Waals surface area contributed by atoms with Crippen LogP contribution >= 0.6 is 39.1 Å². The first-order chi connectivity index (χ1) is 8.56. The second-order valence-corrected chi connectivity index (χ2v) is 5.78. The fourth-order valence-electron chi connectivity index (χ4n) is 1.64. The zero-order valence-electron chi connectivity index (χ0n) is 9.81. The Balaban J connectivity index is 2.13. The molecule has 2 rings (SSSR count). The molecule has 0 saturated carbocycles. The van der Waals surface area contributed by atoms with Gasteiger partial charge in [0.25, 0.3) is 0 Å². The Bertz CT molecular complexity index is 570. The van der Waals surface area contributed by atoms with E-state index in [-0.39, 0.29) is 0 Å². The summed E-state index contributed by atoms with van der Waals surface area (Å²) in [5.74, 6) is 0. The smallest absolute Gasteiger partial charge is 0.0426 e. The van der Waals surface area contributed by atoms with Gasteiger partial charge in [-0.05, 0) is 42.3 Å². The molecule has 18 heavy (non-hydrogen) atoms. The summed E-state index contributed by atoms with van der Waals surface area (Å²) in [5.41, 5.74) is 3.37. The molecule has 1 N–H and O–H groups in total. The average molecular weight is 345 g/mol. The van der Waals surface area contributed by atoms with Crippen molar-refractivity contribution in [3.05, 3.63) is 62.0 Å². The third-order valence-electron chi connectivity index (χ3n) is 2.68. The SMILES string of the molecule is Cc1ccc(Cl)cc1NCc1ccc(Cl)cc1Br. The molecule has 0 aliphatic heterocycles. The fraction of sp³-hybridized carbons (Fsp3) is 0.143. The van der Waals surface area contributed by atoms with Gasteiger partial charge in [0.1, 0.15) is 0 Å². The molecule has 0 atom stereocenters. The van der Waals surface area contributed by atoms with Crippen LogP contribution in [0.25, 0.3) is 0 Å². The number of anilines is 1. The monoisotopic (exact) mass is 343 g/mol. The van der Waals surface area contributed by atoms with E-state index in [1.807, 2.05) is 36.4 Å². The number of hydrogen-bond acceptors (Lipinski definition) is 1. The molecule has 1 nitrogen and oxygen atoms in total. The maximum atomic E-state index is 5.98. The Labute approximate surface area is 125 Å². The van der Waals surface area contributed by atoms with E-state index in [1.165, 1.54) is 5.56 Å². The van der Waals surface area contributed by atoms with Crippen LogP contribution in [0.5, 0.6) is 0 Å². The number of hydrogen-bond donors (Lipinski definition) is 1. The number of rotatable bonds is 3. The van der Waals surface area contributed by atoms with Gasteiger partial charge < -0.3 is 5.32 Å². The number of halogens is 3. The summed E-state index contributed by atoms with van der Waals surface area (Å²) in [6, 6.07) is 11.6. The molecule has 4 heteroatoms. The lowest BCUT2D eigenvalue weighted by atomic mass is 10.2. The highest BCUT2D eigenvalue weighted by Crippen LogP contribution is 2.24. The third kappa shape index (κ3) is 3.41. The van der Waals surface area contributed by atoms with E-state index in [1.54, 1.807) is 0 Å². The molecule has 2 aromatic carbocycles. The van der Waals surface area contributed by atoms with Gasteiger partial charge in [0.15, 0.2) is 0 Å². The lowest BCUT2D eigenvalue weighted by Crippen LogP contribution is -2.01. The van der Waals surface area contributed by atoms with Crippen molar-refractivity contribution in [2.45, 2.75) is 13.5 Å². The Morgan fingerprint density at radius 2 is 1.72 bits per heavy atom. The molecular formula is C14H12BrCl2N. The van der Waals surface area contributed by atoms with Gasteiger partial charge in [0, 0.05) is 26.8 Å². The molecule has 0 saturated heterocycles. The first kappa shape index (κ1) is 13.7. The van der Waals surface area contributed by atoms with Crippen LogP contribution in [0.4, 0.5) is 5.69 Å². The van der Waals surface area contributed by atoms with E-state index in [0.29, 0.717) is 0 Å². The predicted molar refractivity (Wildman–Crippen MR) is 82.7 cm³/mol. The second kappa shape index (κ2) is 5.96. The Hall–Kier alpha value is -0.700. The van der Waals surface area contributed by atoms with Crippen LogP contribution in [0.3, 0.4) is 0 Å². The minimum absolute atomic E-state index is 0.721. The van der Waals surface area contributed by atoms with Gasteiger partial charge in [0.2, 0.25) is 0 Å². The Kier molecular flexibility index (Phi) is 4.55. The summed E-state index contributed by atoms with van der Waals surface area (Å²) in [7, 11) is 0. The van der Waals surface area contributed by atoms with Crippen molar-refractivity contribution in [3.63, 3.8) is 0 Å². The average Bonchev–Trinajstić information content (AvgIpc) is 2.32. The van der Waals surface area contributed by atoms with Gasteiger partial charge in [0.05, 0.1) is 0 Å². The van der Waals surface area contributed by atoms with Crippen LogP contribution in [-0.2, 0) is 6.54 Å². The first-order valence-corrected chi connectivity index (χ1v) is 7.05. The molecule has 0 amide bonds. The van der Waals surface area contributed by atoms with Gasteiger partial charge in [-0.25, -0.2) is 0 Å². The van der Waals surface area contributed by atoms with Crippen LogP contribution in [0.1, 0.15) is 11.1 Å². The molecular weight excluding hydrogens is 333 g/mol. The van der Waals surface area contributed by atoms with E-state index in [9.17, 15) is 0 Å². The highest BCUT2D eigenvalue weighted by molar-refractivity contribution is 9.10. The van der Waals surface area contributed by atoms with Crippen LogP contribution < -0.4 is 5.32 Å². The summed E-state index contributed by atoms with van der Waals surface area (Å²) in [4.78, 5) is 0. The maximum absolute atomic E-state index is 5.98. The number of nitrogens with one attached hydrogen (secondary N) is 1. The van der Waals surface area contributed by atoms with Gasteiger partial charge in [-0.15, -0.1) is 0 Å². The van der Waals surface area contributed by atoms with E-state index < -0.39 is 0 Å². The normalized spacial score (nSPS) is 10.4. The van der Waals surface area contributed by atoms with Crippen molar-refractivity contribution in [2.75, 3.05) is 5.32 Å². The summed E-state index contributed by atoms with van der Waals surface area (Å²) < 4.78 is 1.00. The van der Waals surface area contributed by atoms with Gasteiger partial charge >= 0.3 is 0 Å². The van der Waals surface area contributed by atoms with Crippen molar-refractivity contribution < 1.29 is 0 Å². The fourth-order valence-corrected chi connectivity index (χ4v) is 2.64. The predicted octanol–water partition coefficient (Wildman–Crippen LogP) is 5.68. The van der Waals surface area contributed by atoms with Gasteiger partial charge in [-0.3, -0.25) is 0 Å². The van der Waals surface area contributed by atoms with E-state index in [0.717, 1.165) is 32.3 Å². The molecule has 94 valence electrons. The van der Waals surface area contributed by atoms with Crippen molar-refractivity contribution in [2.24, 2.45) is 0 Å². The van der Waals surface area contributed by atoms with Crippen LogP contribution in [0, 0.1) is 6.92 Å². The molecule has 0 spiro atoms. The number of benzene rings is 2. The van der Waals surface area contributed by atoms with Gasteiger partial charge in [-0.1, -0.05) is 51.3 Å². The largest absolute Gasteiger partial charge is 0.381 e. The zero-order chi connectivity index (χ0) is 13.1. The molecule has 0 radical (unpaired) electrons. The van der Waals surface area contributed by atoms with Crippen molar-refractivity contribution in [1.82, 2.24) is 0 Å². The van der Waals surface area contributed by atoms with E-state index in [4.69, 9.17) is 23.2 Å².